The predicted octanol–water partition coefficient (Wildman–Crippen LogP) is 5.79. The Labute approximate surface area is 178 Å². The predicted molar refractivity (Wildman–Crippen MR) is 123 cm³/mol. The van der Waals surface area contributed by atoms with Gasteiger partial charge in [-0.2, -0.15) is 0 Å². The SMILES string of the molecule is CCC1(CC)Nc2ccccc2N=C1NNCc1ccc(Oc2ccccc2)cc1. The molecule has 1 heterocycles. The van der Waals surface area contributed by atoms with E-state index in [-0.39, 0.29) is 5.54 Å². The molecule has 5 heteroatoms. The third-order valence-corrected chi connectivity index (χ3v) is 5.57. The third kappa shape index (κ3) is 4.31. The molecule has 0 atom stereocenters. The van der Waals surface area contributed by atoms with E-state index in [1.165, 1.54) is 0 Å². The fraction of sp³-hybridized carbons (Fsp3) is 0.240. The maximum absolute atomic E-state index is 5.86. The lowest BCUT2D eigenvalue weighted by molar-refractivity contribution is 0.482. The highest BCUT2D eigenvalue weighted by atomic mass is 16.5. The molecule has 0 bridgehead atoms. The van der Waals surface area contributed by atoms with Gasteiger partial charge in [0.15, 0.2) is 0 Å². The van der Waals surface area contributed by atoms with Crippen LogP contribution in [0.4, 0.5) is 11.4 Å². The molecule has 0 amide bonds. The Morgan fingerprint density at radius 2 is 1.50 bits per heavy atom. The summed E-state index contributed by atoms with van der Waals surface area (Å²) in [4.78, 5) is 4.89. The summed E-state index contributed by atoms with van der Waals surface area (Å²) in [6.07, 6.45) is 1.88. The van der Waals surface area contributed by atoms with Crippen molar-refractivity contribution < 1.29 is 4.74 Å². The minimum Gasteiger partial charge on any atom is -0.457 e. The van der Waals surface area contributed by atoms with Gasteiger partial charge in [0.1, 0.15) is 17.3 Å². The molecule has 0 aliphatic carbocycles. The van der Waals surface area contributed by atoms with E-state index in [2.05, 4.69) is 48.2 Å². The van der Waals surface area contributed by atoms with Crippen molar-refractivity contribution in [2.24, 2.45) is 4.99 Å². The third-order valence-electron chi connectivity index (χ3n) is 5.57. The Morgan fingerprint density at radius 3 is 2.23 bits per heavy atom. The van der Waals surface area contributed by atoms with Crippen molar-refractivity contribution in [3.05, 3.63) is 84.4 Å². The van der Waals surface area contributed by atoms with Crippen LogP contribution in [0, 0.1) is 0 Å². The van der Waals surface area contributed by atoms with Gasteiger partial charge in [-0.1, -0.05) is 56.3 Å². The number of hydrogen-bond acceptors (Lipinski definition) is 5. The normalized spacial score (nSPS) is 14.3. The summed E-state index contributed by atoms with van der Waals surface area (Å²) in [7, 11) is 0. The van der Waals surface area contributed by atoms with Crippen LogP contribution in [-0.4, -0.2) is 11.4 Å². The fourth-order valence-electron chi connectivity index (χ4n) is 3.66. The fourth-order valence-corrected chi connectivity index (χ4v) is 3.66. The highest BCUT2D eigenvalue weighted by Crippen LogP contribution is 2.35. The number of ether oxygens (including phenoxy) is 1. The smallest absolute Gasteiger partial charge is 0.142 e. The number of aliphatic imine (C=N–C) groups is 1. The molecule has 3 aromatic carbocycles. The van der Waals surface area contributed by atoms with Crippen LogP contribution in [0.2, 0.25) is 0 Å². The zero-order valence-corrected chi connectivity index (χ0v) is 17.5. The molecule has 0 saturated heterocycles. The number of amidine groups is 1. The van der Waals surface area contributed by atoms with Crippen LogP contribution >= 0.6 is 0 Å². The molecule has 154 valence electrons. The monoisotopic (exact) mass is 400 g/mol. The summed E-state index contributed by atoms with van der Waals surface area (Å²) in [5, 5.41) is 3.69. The summed E-state index contributed by atoms with van der Waals surface area (Å²) < 4.78 is 5.86. The molecule has 0 spiro atoms. The van der Waals surface area contributed by atoms with E-state index in [0.717, 1.165) is 47.1 Å². The molecule has 1 aliphatic rings. The average molecular weight is 401 g/mol. The molecule has 5 nitrogen and oxygen atoms in total. The quantitative estimate of drug-likeness (QED) is 0.440. The van der Waals surface area contributed by atoms with Gasteiger partial charge >= 0.3 is 0 Å². The molecule has 3 aromatic rings. The maximum Gasteiger partial charge on any atom is 0.142 e. The second kappa shape index (κ2) is 9.01. The van der Waals surface area contributed by atoms with Gasteiger partial charge in [-0.25, -0.2) is 10.4 Å². The molecular formula is C25H28N4O. The van der Waals surface area contributed by atoms with E-state index in [4.69, 9.17) is 9.73 Å². The minimum absolute atomic E-state index is 0.200. The summed E-state index contributed by atoms with van der Waals surface area (Å²) in [5.41, 5.74) is 9.70. The van der Waals surface area contributed by atoms with Crippen LogP contribution in [0.5, 0.6) is 11.5 Å². The Morgan fingerprint density at radius 1 is 0.833 bits per heavy atom. The number of anilines is 1. The first kappa shape index (κ1) is 20.0. The summed E-state index contributed by atoms with van der Waals surface area (Å²) >= 11 is 0. The molecular weight excluding hydrogens is 372 g/mol. The van der Waals surface area contributed by atoms with Crippen molar-refractivity contribution in [2.75, 3.05) is 5.32 Å². The second-order valence-corrected chi connectivity index (χ2v) is 7.43. The molecule has 0 fully saturated rings. The number of hydrazine groups is 1. The zero-order chi connectivity index (χ0) is 20.8. The standard InChI is InChI=1S/C25H28N4O/c1-3-25(4-2)24(27-22-12-8-9-13-23(22)28-25)29-26-18-19-14-16-21(17-15-19)30-20-10-6-5-7-11-20/h5-17,26,28H,3-4,18H2,1-2H3,(H,27,29). The number of nitrogens with one attached hydrogen (secondary N) is 3. The van der Waals surface area contributed by atoms with Gasteiger partial charge in [-0.3, -0.25) is 0 Å². The zero-order valence-electron chi connectivity index (χ0n) is 17.5. The number of rotatable bonds is 7. The Kier molecular flexibility index (Phi) is 6.00. The maximum atomic E-state index is 5.86. The number of benzene rings is 3. The van der Waals surface area contributed by atoms with Crippen molar-refractivity contribution in [1.29, 1.82) is 0 Å². The minimum atomic E-state index is -0.200. The largest absolute Gasteiger partial charge is 0.457 e. The van der Waals surface area contributed by atoms with E-state index >= 15 is 0 Å². The number of para-hydroxylation sites is 3. The van der Waals surface area contributed by atoms with Gasteiger partial charge in [0.25, 0.3) is 0 Å². The van der Waals surface area contributed by atoms with Crippen molar-refractivity contribution in [3.8, 4) is 11.5 Å². The molecule has 30 heavy (non-hydrogen) atoms. The molecule has 3 N–H and O–H groups in total. The molecule has 0 unspecified atom stereocenters. The van der Waals surface area contributed by atoms with Gasteiger partial charge in [0.05, 0.1) is 16.9 Å². The van der Waals surface area contributed by atoms with Crippen LogP contribution in [0.25, 0.3) is 0 Å². The van der Waals surface area contributed by atoms with Crippen LogP contribution < -0.4 is 20.9 Å². The highest BCUT2D eigenvalue weighted by Gasteiger charge is 2.36. The van der Waals surface area contributed by atoms with Gasteiger partial charge in [0.2, 0.25) is 0 Å². The Balaban J connectivity index is 1.40. The van der Waals surface area contributed by atoms with Crippen LogP contribution in [-0.2, 0) is 6.54 Å². The molecule has 0 aromatic heterocycles. The molecule has 0 radical (unpaired) electrons. The van der Waals surface area contributed by atoms with E-state index in [0.29, 0.717) is 6.54 Å². The summed E-state index contributed by atoms with van der Waals surface area (Å²) in [6, 6.07) is 26.1. The average Bonchev–Trinajstić information content (AvgIpc) is 2.80. The van der Waals surface area contributed by atoms with Crippen molar-refractivity contribution in [3.63, 3.8) is 0 Å². The lowest BCUT2D eigenvalue weighted by atomic mass is 9.89. The topological polar surface area (TPSA) is 57.7 Å². The lowest BCUT2D eigenvalue weighted by Crippen LogP contribution is -2.56. The van der Waals surface area contributed by atoms with Crippen LogP contribution in [0.15, 0.2) is 83.9 Å². The molecule has 1 aliphatic heterocycles. The van der Waals surface area contributed by atoms with E-state index in [9.17, 15) is 0 Å². The lowest BCUT2D eigenvalue weighted by Gasteiger charge is -2.39. The van der Waals surface area contributed by atoms with Crippen LogP contribution in [0.3, 0.4) is 0 Å². The number of hydrogen-bond donors (Lipinski definition) is 3. The number of fused-ring (bicyclic) bond motifs is 1. The second-order valence-electron chi connectivity index (χ2n) is 7.43. The van der Waals surface area contributed by atoms with Crippen molar-refractivity contribution in [2.45, 2.75) is 38.8 Å². The molecule has 4 rings (SSSR count). The van der Waals surface area contributed by atoms with E-state index < -0.39 is 0 Å². The Hall–Kier alpha value is -3.31. The summed E-state index contributed by atoms with van der Waals surface area (Å²) in [6.45, 7) is 5.05. The van der Waals surface area contributed by atoms with E-state index in [1.54, 1.807) is 0 Å². The van der Waals surface area contributed by atoms with Gasteiger partial charge in [-0.15, -0.1) is 0 Å². The number of nitrogens with zero attached hydrogens (tertiary/aromatic N) is 1. The summed E-state index contributed by atoms with van der Waals surface area (Å²) in [5.74, 6) is 2.59. The van der Waals surface area contributed by atoms with Gasteiger partial charge in [-0.05, 0) is 54.8 Å². The highest BCUT2D eigenvalue weighted by molar-refractivity contribution is 5.99. The molecule has 0 saturated carbocycles. The Bertz CT molecular complexity index is 995. The van der Waals surface area contributed by atoms with E-state index in [1.807, 2.05) is 60.7 Å². The first-order valence-electron chi connectivity index (χ1n) is 10.5. The van der Waals surface area contributed by atoms with Crippen molar-refractivity contribution in [1.82, 2.24) is 10.9 Å². The van der Waals surface area contributed by atoms with Crippen molar-refractivity contribution >= 4 is 17.2 Å². The van der Waals surface area contributed by atoms with Crippen LogP contribution in [0.1, 0.15) is 32.3 Å². The first-order valence-corrected chi connectivity index (χ1v) is 10.5. The van der Waals surface area contributed by atoms with Gasteiger partial charge in [0, 0.05) is 6.54 Å². The van der Waals surface area contributed by atoms with Gasteiger partial charge < -0.3 is 15.5 Å². The first-order chi connectivity index (χ1) is 14.7.